The average Bonchev–Trinajstić information content (AvgIpc) is 3.43. The van der Waals surface area contributed by atoms with Crippen LogP contribution in [0.1, 0.15) is 12.6 Å². The number of hydrogen-bond donors (Lipinski definition) is 3. The number of aromatic nitrogens is 3. The monoisotopic (exact) mass is 581 g/mol. The van der Waals surface area contributed by atoms with Crippen LogP contribution in [0.25, 0.3) is 11.2 Å². The van der Waals surface area contributed by atoms with Crippen LogP contribution in [0.3, 0.4) is 0 Å². The van der Waals surface area contributed by atoms with Crippen LogP contribution in [0.2, 0.25) is 0 Å². The molecule has 3 atom stereocenters. The lowest BCUT2D eigenvalue weighted by atomic mass is 10.0. The van der Waals surface area contributed by atoms with Gasteiger partial charge in [-0.05, 0) is 36.2 Å². The van der Waals surface area contributed by atoms with Gasteiger partial charge in [0, 0.05) is 11.3 Å². The van der Waals surface area contributed by atoms with Gasteiger partial charge in [-0.1, -0.05) is 11.2 Å². The lowest BCUT2D eigenvalue weighted by Gasteiger charge is -2.50. The van der Waals surface area contributed by atoms with Gasteiger partial charge < -0.3 is 35.3 Å². The number of nitrogens with one attached hydrogen (secondary N) is 1. The SMILES string of the molecule is CC(CON=C(C(=O)NC1C(=O)N2C(C(=O)[O-])=C(C[n+]3cccc4ocnc43)CS[C@@H]12)c1cccc(N)n1)C(=O)O. The van der Waals surface area contributed by atoms with Crippen molar-refractivity contribution in [3.8, 4) is 0 Å². The Morgan fingerprint density at radius 1 is 1.37 bits per heavy atom. The number of amides is 2. The summed E-state index contributed by atoms with van der Waals surface area (Å²) in [5, 5.41) is 26.9. The Bertz CT molecular complexity index is 1620. The molecule has 2 unspecified atom stereocenters. The second-order valence-electron chi connectivity index (χ2n) is 9.20. The maximum absolute atomic E-state index is 13.2. The summed E-state index contributed by atoms with van der Waals surface area (Å²) in [6.07, 6.45) is 2.99. The smallest absolute Gasteiger partial charge is 0.370 e. The Labute approximate surface area is 235 Å². The van der Waals surface area contributed by atoms with Crippen molar-refractivity contribution in [2.24, 2.45) is 11.1 Å². The number of nitrogens with two attached hydrogens (primary N) is 1. The fraction of sp³-hybridized carbons (Fsp3) is 0.280. The second-order valence-corrected chi connectivity index (χ2v) is 10.3. The highest BCUT2D eigenvalue weighted by molar-refractivity contribution is 8.00. The summed E-state index contributed by atoms with van der Waals surface area (Å²) in [6, 6.07) is 6.83. The minimum absolute atomic E-state index is 0.0297. The predicted molar refractivity (Wildman–Crippen MR) is 139 cm³/mol. The van der Waals surface area contributed by atoms with Gasteiger partial charge >= 0.3 is 11.6 Å². The third-order valence-electron chi connectivity index (χ3n) is 6.38. The third kappa shape index (κ3) is 5.41. The van der Waals surface area contributed by atoms with Crippen molar-refractivity contribution in [2.45, 2.75) is 24.9 Å². The molecule has 0 aliphatic carbocycles. The molecule has 5 heterocycles. The van der Waals surface area contributed by atoms with Crippen molar-refractivity contribution >= 4 is 58.3 Å². The first-order chi connectivity index (χ1) is 19.7. The highest BCUT2D eigenvalue weighted by Crippen LogP contribution is 2.40. The predicted octanol–water partition coefficient (Wildman–Crippen LogP) is -1.36. The number of rotatable bonds is 10. The normalized spacial score (nSPS) is 19.4. The van der Waals surface area contributed by atoms with Crippen molar-refractivity contribution in [2.75, 3.05) is 18.1 Å². The van der Waals surface area contributed by atoms with Gasteiger partial charge in [0.15, 0.2) is 5.71 Å². The molecule has 0 spiro atoms. The molecular weight excluding hydrogens is 558 g/mol. The number of anilines is 1. The van der Waals surface area contributed by atoms with E-state index in [0.29, 0.717) is 16.8 Å². The molecule has 0 saturated carbocycles. The maximum Gasteiger partial charge on any atom is 0.370 e. The Morgan fingerprint density at radius 2 is 2.17 bits per heavy atom. The Balaban J connectivity index is 1.36. The number of β-lactam (4-membered cyclic amide) rings is 1. The van der Waals surface area contributed by atoms with Gasteiger partial charge in [-0.2, -0.15) is 0 Å². The topological polar surface area (TPSA) is 217 Å². The number of carboxylic acids is 2. The number of thioether (sulfide) groups is 1. The van der Waals surface area contributed by atoms with Crippen molar-refractivity contribution in [3.63, 3.8) is 0 Å². The van der Waals surface area contributed by atoms with Crippen molar-refractivity contribution < 1.29 is 43.2 Å². The Kier molecular flexibility index (Phi) is 7.56. The molecule has 16 heteroatoms. The van der Waals surface area contributed by atoms with Crippen LogP contribution in [-0.4, -0.2) is 73.2 Å². The van der Waals surface area contributed by atoms with E-state index in [0.717, 1.165) is 4.90 Å². The molecule has 2 aliphatic rings. The molecule has 4 N–H and O–H groups in total. The number of carbonyl (C=O) groups excluding carboxylic acids is 3. The molecule has 2 aliphatic heterocycles. The zero-order valence-corrected chi connectivity index (χ0v) is 22.2. The number of carbonyl (C=O) groups is 4. The van der Waals surface area contributed by atoms with Crippen LogP contribution in [0.5, 0.6) is 0 Å². The number of fused-ring (bicyclic) bond motifs is 2. The number of aliphatic carboxylic acids is 2. The fourth-order valence-electron chi connectivity index (χ4n) is 4.29. The van der Waals surface area contributed by atoms with Gasteiger partial charge in [-0.25, -0.2) is 9.55 Å². The highest BCUT2D eigenvalue weighted by atomic mass is 32.2. The molecule has 1 fully saturated rings. The zero-order chi connectivity index (χ0) is 29.3. The third-order valence-corrected chi connectivity index (χ3v) is 7.72. The first-order valence-corrected chi connectivity index (χ1v) is 13.3. The van der Waals surface area contributed by atoms with E-state index in [1.54, 1.807) is 22.9 Å². The minimum Gasteiger partial charge on any atom is -0.543 e. The Morgan fingerprint density at radius 3 is 2.90 bits per heavy atom. The summed E-state index contributed by atoms with van der Waals surface area (Å²) in [5.41, 5.74) is 6.61. The van der Waals surface area contributed by atoms with Crippen molar-refractivity contribution in [1.82, 2.24) is 20.2 Å². The van der Waals surface area contributed by atoms with Crippen LogP contribution in [-0.2, 0) is 30.6 Å². The largest absolute Gasteiger partial charge is 0.543 e. The maximum atomic E-state index is 13.2. The molecule has 0 radical (unpaired) electrons. The average molecular weight is 582 g/mol. The first-order valence-electron chi connectivity index (χ1n) is 12.2. The lowest BCUT2D eigenvalue weighted by molar-refractivity contribution is -0.665. The van der Waals surface area contributed by atoms with Crippen LogP contribution < -0.4 is 20.7 Å². The lowest BCUT2D eigenvalue weighted by Crippen LogP contribution is -2.71. The van der Waals surface area contributed by atoms with Gasteiger partial charge in [-0.3, -0.25) is 19.3 Å². The molecule has 5 rings (SSSR count). The molecule has 15 nitrogen and oxygen atoms in total. The second kappa shape index (κ2) is 11.2. The van der Waals surface area contributed by atoms with Crippen LogP contribution in [0, 0.1) is 5.92 Å². The number of carboxylic acid groups (broad SMARTS) is 2. The molecule has 212 valence electrons. The molecule has 2 amide bonds. The Hall–Kier alpha value is -4.99. The van der Waals surface area contributed by atoms with E-state index in [4.69, 9.17) is 20.1 Å². The van der Waals surface area contributed by atoms with Gasteiger partial charge in [0.2, 0.25) is 5.58 Å². The summed E-state index contributed by atoms with van der Waals surface area (Å²) in [5.74, 6) is -4.72. The molecule has 41 heavy (non-hydrogen) atoms. The van der Waals surface area contributed by atoms with Gasteiger partial charge in [0.25, 0.3) is 18.2 Å². The zero-order valence-electron chi connectivity index (χ0n) is 21.4. The van der Waals surface area contributed by atoms with E-state index in [1.165, 1.54) is 43.3 Å². The summed E-state index contributed by atoms with van der Waals surface area (Å²) >= 11 is 1.27. The van der Waals surface area contributed by atoms with Gasteiger partial charge in [0.05, 0.1) is 23.8 Å². The van der Waals surface area contributed by atoms with E-state index in [-0.39, 0.29) is 41.8 Å². The number of oxazole rings is 1. The number of oxime groups is 1. The van der Waals surface area contributed by atoms with Gasteiger partial charge in [-0.15, -0.1) is 11.8 Å². The molecule has 0 bridgehead atoms. The summed E-state index contributed by atoms with van der Waals surface area (Å²) in [7, 11) is 0. The number of hydrogen-bond acceptors (Lipinski definition) is 12. The van der Waals surface area contributed by atoms with E-state index < -0.39 is 41.1 Å². The molecular formula is C25H23N7O8S. The number of nitrogen functional groups attached to an aromatic ring is 1. The van der Waals surface area contributed by atoms with E-state index in [9.17, 15) is 24.3 Å². The van der Waals surface area contributed by atoms with Crippen LogP contribution in [0.15, 0.2) is 63.8 Å². The summed E-state index contributed by atoms with van der Waals surface area (Å²) < 4.78 is 7.00. The standard InChI is InChI=1S/C25H23N7O8S/c1-12(24(35)36)9-40-30-17(14-4-2-6-16(26)28-14)21(33)29-18-22(34)32-19(25(37)38)13(10-41-23(18)32)8-31-7-3-5-15-20(31)27-11-39-15/h2-7,11-12,18,23H,8-10H2,1H3,(H4-,26,28,29,33,35,36,37,38)/t12?,18?,23-/m0/s1. The molecule has 0 aromatic carbocycles. The number of nitrogens with zero attached hydrogens (tertiary/aromatic N) is 5. The molecule has 3 aromatic heterocycles. The highest BCUT2D eigenvalue weighted by Gasteiger charge is 2.53. The first kappa shape index (κ1) is 27.6. The quantitative estimate of drug-likeness (QED) is 0.109. The van der Waals surface area contributed by atoms with Gasteiger partial charge in [0.1, 0.15) is 36.1 Å². The number of pyridine rings is 2. The molecule has 3 aromatic rings. The molecule has 1 saturated heterocycles. The van der Waals surface area contributed by atoms with Crippen LogP contribution in [0.4, 0.5) is 5.82 Å². The minimum atomic E-state index is -1.52. The van der Waals surface area contributed by atoms with E-state index in [1.807, 2.05) is 0 Å². The van der Waals surface area contributed by atoms with E-state index in [2.05, 4.69) is 20.4 Å². The fourth-order valence-corrected chi connectivity index (χ4v) is 5.63. The summed E-state index contributed by atoms with van der Waals surface area (Å²) in [6.45, 7) is 1.20. The van der Waals surface area contributed by atoms with Crippen molar-refractivity contribution in [1.29, 1.82) is 0 Å². The van der Waals surface area contributed by atoms with Crippen LogP contribution >= 0.6 is 11.8 Å². The van der Waals surface area contributed by atoms with E-state index >= 15 is 0 Å². The van der Waals surface area contributed by atoms with Crippen molar-refractivity contribution in [3.05, 3.63) is 59.9 Å². The summed E-state index contributed by atoms with van der Waals surface area (Å²) in [4.78, 5) is 64.1.